The summed E-state index contributed by atoms with van der Waals surface area (Å²) in [6, 6.07) is 4.50. The molecule has 3 rings (SSSR count). The fourth-order valence-corrected chi connectivity index (χ4v) is 4.47. The fraction of sp³-hybridized carbons (Fsp3) is 0.647. The SMILES string of the molecule is Cl.Cl.FC(F)(F)c1cc(Br)cc([C@H](C2CCCC2)N2CCNCC2)c1. The molecule has 2 aliphatic rings. The van der Waals surface area contributed by atoms with Crippen LogP contribution >= 0.6 is 40.7 Å². The molecule has 0 unspecified atom stereocenters. The molecular weight excluding hydrogens is 440 g/mol. The van der Waals surface area contributed by atoms with Gasteiger partial charge >= 0.3 is 6.18 Å². The molecule has 0 bridgehead atoms. The highest BCUT2D eigenvalue weighted by atomic mass is 79.9. The number of nitrogens with one attached hydrogen (secondary N) is 1. The van der Waals surface area contributed by atoms with Crippen LogP contribution in [0, 0.1) is 5.92 Å². The predicted octanol–water partition coefficient (Wildman–Crippen LogP) is 5.45. The first kappa shape index (κ1) is 23.0. The quantitative estimate of drug-likeness (QED) is 0.641. The van der Waals surface area contributed by atoms with Gasteiger partial charge in [-0.2, -0.15) is 13.2 Å². The summed E-state index contributed by atoms with van der Waals surface area (Å²) in [5.41, 5.74) is 0.250. The molecular formula is C17H24BrCl2F3N2. The Bertz CT molecular complexity index is 545. The summed E-state index contributed by atoms with van der Waals surface area (Å²) in [4.78, 5) is 2.37. The molecule has 2 fully saturated rings. The normalized spacial score (nSPS) is 20.6. The number of hydrogen-bond acceptors (Lipinski definition) is 2. The van der Waals surface area contributed by atoms with Gasteiger partial charge in [0.2, 0.25) is 0 Å². The molecule has 1 aliphatic heterocycles. The zero-order valence-corrected chi connectivity index (χ0v) is 17.0. The van der Waals surface area contributed by atoms with E-state index in [1.54, 1.807) is 0 Å². The molecule has 1 saturated heterocycles. The van der Waals surface area contributed by atoms with E-state index in [-0.39, 0.29) is 30.9 Å². The lowest BCUT2D eigenvalue weighted by Crippen LogP contribution is -2.46. The van der Waals surface area contributed by atoms with Crippen LogP contribution in [0.3, 0.4) is 0 Å². The second-order valence-electron chi connectivity index (χ2n) is 6.55. The smallest absolute Gasteiger partial charge is 0.314 e. The molecule has 1 saturated carbocycles. The lowest BCUT2D eigenvalue weighted by molar-refractivity contribution is -0.137. The van der Waals surface area contributed by atoms with Crippen molar-refractivity contribution in [1.82, 2.24) is 10.2 Å². The molecule has 1 aromatic rings. The third-order valence-electron chi connectivity index (χ3n) is 4.98. The highest BCUT2D eigenvalue weighted by Gasteiger charge is 2.35. The van der Waals surface area contributed by atoms with Gasteiger partial charge < -0.3 is 5.32 Å². The monoisotopic (exact) mass is 462 g/mol. The summed E-state index contributed by atoms with van der Waals surface area (Å²) in [6.07, 6.45) is 0.300. The highest BCUT2D eigenvalue weighted by Crippen LogP contribution is 2.42. The maximum atomic E-state index is 13.2. The van der Waals surface area contributed by atoms with Gasteiger partial charge in [-0.3, -0.25) is 4.90 Å². The van der Waals surface area contributed by atoms with Gasteiger partial charge in [0.1, 0.15) is 0 Å². The van der Waals surface area contributed by atoms with E-state index in [9.17, 15) is 13.2 Å². The average molecular weight is 464 g/mol. The number of alkyl halides is 3. The minimum Gasteiger partial charge on any atom is -0.314 e. The Labute approximate surface area is 167 Å². The van der Waals surface area contributed by atoms with E-state index in [0.29, 0.717) is 10.4 Å². The zero-order valence-electron chi connectivity index (χ0n) is 13.8. The average Bonchev–Trinajstić information content (AvgIpc) is 3.01. The van der Waals surface area contributed by atoms with Crippen LogP contribution in [0.25, 0.3) is 0 Å². The molecule has 144 valence electrons. The van der Waals surface area contributed by atoms with Crippen molar-refractivity contribution < 1.29 is 13.2 Å². The van der Waals surface area contributed by atoms with E-state index in [1.807, 2.05) is 6.07 Å². The molecule has 2 nitrogen and oxygen atoms in total. The van der Waals surface area contributed by atoms with Crippen molar-refractivity contribution in [3.63, 3.8) is 0 Å². The summed E-state index contributed by atoms with van der Waals surface area (Å²) in [5.74, 6) is 0.462. The summed E-state index contributed by atoms with van der Waals surface area (Å²) < 4.78 is 40.1. The van der Waals surface area contributed by atoms with Gasteiger partial charge in [0.05, 0.1) is 5.56 Å². The first-order valence-corrected chi connectivity index (χ1v) is 9.07. The van der Waals surface area contributed by atoms with Crippen molar-refractivity contribution in [1.29, 1.82) is 0 Å². The standard InChI is InChI=1S/C17H22BrF3N2.2ClH/c18-15-10-13(9-14(11-15)17(19,20)21)16(12-3-1-2-4-12)23-7-5-22-6-8-23;;/h9-12,16,22H,1-8H2;2*1H/t16-;;/m0../s1. The van der Waals surface area contributed by atoms with E-state index in [2.05, 4.69) is 26.1 Å². The van der Waals surface area contributed by atoms with Crippen LogP contribution in [-0.4, -0.2) is 31.1 Å². The van der Waals surface area contributed by atoms with Gasteiger partial charge in [-0.05, 0) is 42.5 Å². The van der Waals surface area contributed by atoms with E-state index < -0.39 is 11.7 Å². The van der Waals surface area contributed by atoms with E-state index >= 15 is 0 Å². The fourth-order valence-electron chi connectivity index (χ4n) is 3.96. The Morgan fingerprint density at radius 2 is 1.64 bits per heavy atom. The number of piperazine rings is 1. The Kier molecular flexibility index (Phi) is 9.02. The third-order valence-corrected chi connectivity index (χ3v) is 5.44. The Hall–Kier alpha value is -0.0100. The van der Waals surface area contributed by atoms with Gasteiger partial charge in [-0.15, -0.1) is 24.8 Å². The zero-order chi connectivity index (χ0) is 16.4. The van der Waals surface area contributed by atoms with Crippen molar-refractivity contribution >= 4 is 40.7 Å². The summed E-state index contributed by atoms with van der Waals surface area (Å²) >= 11 is 3.28. The van der Waals surface area contributed by atoms with Crippen molar-refractivity contribution in [2.75, 3.05) is 26.2 Å². The van der Waals surface area contributed by atoms with E-state index in [4.69, 9.17) is 0 Å². The van der Waals surface area contributed by atoms with Crippen LogP contribution in [-0.2, 0) is 6.18 Å². The highest BCUT2D eigenvalue weighted by molar-refractivity contribution is 9.10. The third kappa shape index (κ3) is 5.73. The lowest BCUT2D eigenvalue weighted by atomic mass is 9.89. The first-order valence-electron chi connectivity index (χ1n) is 8.27. The molecule has 25 heavy (non-hydrogen) atoms. The van der Waals surface area contributed by atoms with E-state index in [1.165, 1.54) is 25.0 Å². The molecule has 8 heteroatoms. The second-order valence-corrected chi connectivity index (χ2v) is 7.46. The molecule has 0 aromatic heterocycles. The van der Waals surface area contributed by atoms with Gasteiger partial charge in [0.25, 0.3) is 0 Å². The van der Waals surface area contributed by atoms with Gasteiger partial charge in [0, 0.05) is 36.7 Å². The van der Waals surface area contributed by atoms with Crippen LogP contribution in [0.4, 0.5) is 13.2 Å². The number of halogens is 6. The molecule has 1 heterocycles. The molecule has 0 amide bonds. The van der Waals surface area contributed by atoms with Crippen LogP contribution in [0.2, 0.25) is 0 Å². The van der Waals surface area contributed by atoms with Crippen LogP contribution < -0.4 is 5.32 Å². The van der Waals surface area contributed by atoms with Crippen molar-refractivity contribution in [2.24, 2.45) is 5.92 Å². The van der Waals surface area contributed by atoms with Gasteiger partial charge in [0.15, 0.2) is 0 Å². The summed E-state index contributed by atoms with van der Waals surface area (Å²) in [6.45, 7) is 3.61. The van der Waals surface area contributed by atoms with Crippen LogP contribution in [0.15, 0.2) is 22.7 Å². The number of hydrogen-bond donors (Lipinski definition) is 1. The minimum atomic E-state index is -4.30. The largest absolute Gasteiger partial charge is 0.416 e. The maximum absolute atomic E-state index is 13.2. The first-order chi connectivity index (χ1) is 10.9. The second kappa shape index (κ2) is 9.79. The van der Waals surface area contributed by atoms with Crippen LogP contribution in [0.1, 0.15) is 42.9 Å². The van der Waals surface area contributed by atoms with Crippen molar-refractivity contribution in [3.8, 4) is 0 Å². The van der Waals surface area contributed by atoms with E-state index in [0.717, 1.165) is 44.6 Å². The van der Waals surface area contributed by atoms with Gasteiger partial charge in [-0.1, -0.05) is 28.8 Å². The summed E-state index contributed by atoms with van der Waals surface area (Å²) in [7, 11) is 0. The summed E-state index contributed by atoms with van der Waals surface area (Å²) in [5, 5.41) is 3.33. The molecule has 1 aromatic carbocycles. The maximum Gasteiger partial charge on any atom is 0.416 e. The topological polar surface area (TPSA) is 15.3 Å². The molecule has 0 spiro atoms. The Morgan fingerprint density at radius 1 is 1.04 bits per heavy atom. The predicted molar refractivity (Wildman–Crippen MR) is 103 cm³/mol. The van der Waals surface area contributed by atoms with Gasteiger partial charge in [-0.25, -0.2) is 0 Å². The Morgan fingerprint density at radius 3 is 2.20 bits per heavy atom. The van der Waals surface area contributed by atoms with Crippen molar-refractivity contribution in [2.45, 2.75) is 37.9 Å². The van der Waals surface area contributed by atoms with Crippen LogP contribution in [0.5, 0.6) is 0 Å². The molecule has 1 atom stereocenters. The molecule has 1 N–H and O–H groups in total. The van der Waals surface area contributed by atoms with Crippen molar-refractivity contribution in [3.05, 3.63) is 33.8 Å². The minimum absolute atomic E-state index is 0. The molecule has 0 radical (unpaired) electrons. The number of nitrogens with zero attached hydrogens (tertiary/aromatic N) is 1. The number of rotatable bonds is 3. The lowest BCUT2D eigenvalue weighted by Gasteiger charge is -2.39. The Balaban J connectivity index is 0.00000156. The number of benzene rings is 1. The molecule has 1 aliphatic carbocycles.